The summed E-state index contributed by atoms with van der Waals surface area (Å²) in [5.41, 5.74) is 5.80. The van der Waals surface area contributed by atoms with Gasteiger partial charge in [-0.05, 0) is 24.3 Å². The molecule has 2 atom stereocenters. The number of carbonyl (C=O) groups is 2. The number of aliphatic hydroxyl groups is 1. The van der Waals surface area contributed by atoms with Gasteiger partial charge >= 0.3 is 5.97 Å². The van der Waals surface area contributed by atoms with E-state index in [1.54, 1.807) is 18.2 Å². The second kappa shape index (κ2) is 8.38. The fraction of sp³-hybridized carbons (Fsp3) is 0.300. The molecular formula is C20H21NO8. The number of hydrogen-bond acceptors (Lipinski definition) is 9. The van der Waals surface area contributed by atoms with Crippen LogP contribution in [0.3, 0.4) is 0 Å². The van der Waals surface area contributed by atoms with Crippen LogP contribution in [0.4, 0.5) is 0 Å². The number of phenolic OH excluding ortho intramolecular Hbond substituents is 1. The summed E-state index contributed by atoms with van der Waals surface area (Å²) >= 11 is 0. The predicted octanol–water partition coefficient (Wildman–Crippen LogP) is 1.09. The van der Waals surface area contributed by atoms with Gasteiger partial charge in [-0.3, -0.25) is 9.59 Å². The number of aliphatic hydroxyl groups excluding tert-OH is 1. The molecule has 0 saturated heterocycles. The van der Waals surface area contributed by atoms with Gasteiger partial charge in [-0.25, -0.2) is 0 Å². The molecule has 0 bridgehead atoms. The number of hydrogen-bond donors (Lipinski definition) is 3. The highest BCUT2D eigenvalue weighted by Gasteiger charge is 2.40. The smallest absolute Gasteiger partial charge is 0.320 e. The molecule has 1 heterocycles. The van der Waals surface area contributed by atoms with Crippen molar-refractivity contribution >= 4 is 11.8 Å². The number of ketones is 1. The fourth-order valence-electron chi connectivity index (χ4n) is 3.07. The van der Waals surface area contributed by atoms with Gasteiger partial charge in [0.15, 0.2) is 18.0 Å². The van der Waals surface area contributed by atoms with Crippen molar-refractivity contribution in [2.75, 3.05) is 20.8 Å². The third-order valence-electron chi connectivity index (χ3n) is 4.59. The average molecular weight is 403 g/mol. The van der Waals surface area contributed by atoms with Crippen molar-refractivity contribution in [2.24, 2.45) is 5.73 Å². The quantitative estimate of drug-likeness (QED) is 0.605. The zero-order valence-corrected chi connectivity index (χ0v) is 15.9. The van der Waals surface area contributed by atoms with Gasteiger partial charge in [-0.2, -0.15) is 0 Å². The Kier molecular flexibility index (Phi) is 5.90. The van der Waals surface area contributed by atoms with Gasteiger partial charge in [-0.15, -0.1) is 0 Å². The molecule has 0 amide bonds. The molecule has 2 aromatic carbocycles. The van der Waals surface area contributed by atoms with Crippen LogP contribution in [-0.2, 0) is 16.1 Å². The molecule has 0 fully saturated rings. The third kappa shape index (κ3) is 3.82. The summed E-state index contributed by atoms with van der Waals surface area (Å²) in [6, 6.07) is 7.46. The molecule has 0 saturated carbocycles. The number of ether oxygens (including phenoxy) is 4. The van der Waals surface area contributed by atoms with Crippen LogP contribution < -0.4 is 19.9 Å². The standard InChI is InChI=1S/C20H21NO8/c1-26-10-3-4-11(15(7-10)27-2)20-18(25)17(24)12-5-6-14(22)13(19(12)29-20)9-28-16(23)8-21/h3-7,18,20,22,25H,8-9,21H2,1-2H3. The number of benzene rings is 2. The molecule has 2 unspecified atom stereocenters. The van der Waals surface area contributed by atoms with Crippen molar-refractivity contribution in [2.45, 2.75) is 18.8 Å². The van der Waals surface area contributed by atoms with E-state index in [2.05, 4.69) is 0 Å². The minimum Gasteiger partial charge on any atom is -0.507 e. The number of phenols is 1. The number of fused-ring (bicyclic) bond motifs is 1. The maximum atomic E-state index is 12.8. The van der Waals surface area contributed by atoms with Gasteiger partial charge in [0.2, 0.25) is 0 Å². The minimum atomic E-state index is -1.51. The number of aromatic hydroxyl groups is 1. The average Bonchev–Trinajstić information content (AvgIpc) is 2.74. The molecule has 154 valence electrons. The molecule has 0 aromatic heterocycles. The fourth-order valence-corrected chi connectivity index (χ4v) is 3.07. The Bertz CT molecular complexity index is 942. The van der Waals surface area contributed by atoms with Crippen LogP contribution >= 0.6 is 0 Å². The van der Waals surface area contributed by atoms with E-state index in [0.717, 1.165) is 0 Å². The Balaban J connectivity index is 2.04. The van der Waals surface area contributed by atoms with Crippen LogP contribution in [0.2, 0.25) is 0 Å². The molecule has 4 N–H and O–H groups in total. The van der Waals surface area contributed by atoms with E-state index in [1.807, 2.05) is 0 Å². The topological polar surface area (TPSA) is 138 Å². The summed E-state index contributed by atoms with van der Waals surface area (Å²) in [6.07, 6.45) is -2.62. The Morgan fingerprint density at radius 2 is 1.97 bits per heavy atom. The number of rotatable bonds is 6. The largest absolute Gasteiger partial charge is 0.507 e. The highest BCUT2D eigenvalue weighted by molar-refractivity contribution is 6.03. The van der Waals surface area contributed by atoms with Crippen molar-refractivity contribution in [3.05, 3.63) is 47.0 Å². The first-order valence-electron chi connectivity index (χ1n) is 8.72. The molecule has 2 aromatic rings. The molecule has 0 spiro atoms. The first kappa shape index (κ1) is 20.4. The molecule has 3 rings (SSSR count). The first-order valence-corrected chi connectivity index (χ1v) is 8.72. The number of Topliss-reactive ketones (excluding diaryl/α,β-unsaturated/α-hetero) is 1. The molecule has 9 nitrogen and oxygen atoms in total. The molecule has 1 aliphatic rings. The van der Waals surface area contributed by atoms with Crippen LogP contribution in [0.5, 0.6) is 23.0 Å². The monoisotopic (exact) mass is 403 g/mol. The lowest BCUT2D eigenvalue weighted by atomic mass is 9.91. The van der Waals surface area contributed by atoms with E-state index in [4.69, 9.17) is 24.7 Å². The number of esters is 1. The maximum absolute atomic E-state index is 12.8. The second-order valence-corrected chi connectivity index (χ2v) is 6.26. The van der Waals surface area contributed by atoms with Crippen LogP contribution in [0.1, 0.15) is 27.6 Å². The Morgan fingerprint density at radius 3 is 2.62 bits per heavy atom. The first-order chi connectivity index (χ1) is 13.9. The van der Waals surface area contributed by atoms with Gasteiger partial charge in [-0.1, -0.05) is 0 Å². The van der Waals surface area contributed by atoms with E-state index in [0.29, 0.717) is 17.1 Å². The summed E-state index contributed by atoms with van der Waals surface area (Å²) in [5, 5.41) is 20.8. The van der Waals surface area contributed by atoms with Crippen molar-refractivity contribution in [3.63, 3.8) is 0 Å². The lowest BCUT2D eigenvalue weighted by Crippen LogP contribution is -2.37. The van der Waals surface area contributed by atoms with Crippen molar-refractivity contribution in [1.82, 2.24) is 0 Å². The zero-order chi connectivity index (χ0) is 21.1. The SMILES string of the molecule is COc1ccc(C2Oc3c(ccc(O)c3COC(=O)CN)C(=O)C2O)c(OC)c1. The number of carbonyl (C=O) groups excluding carboxylic acids is 2. The zero-order valence-electron chi connectivity index (χ0n) is 15.9. The molecular weight excluding hydrogens is 382 g/mol. The minimum absolute atomic E-state index is 0.0213. The van der Waals surface area contributed by atoms with E-state index >= 15 is 0 Å². The van der Waals surface area contributed by atoms with Gasteiger partial charge < -0.3 is 34.9 Å². The molecule has 0 radical (unpaired) electrons. The van der Waals surface area contributed by atoms with Crippen molar-refractivity contribution < 1.29 is 38.7 Å². The Hall–Kier alpha value is -3.30. The van der Waals surface area contributed by atoms with Crippen molar-refractivity contribution in [1.29, 1.82) is 0 Å². The summed E-state index contributed by atoms with van der Waals surface area (Å²) in [7, 11) is 2.94. The normalized spacial score (nSPS) is 17.9. The van der Waals surface area contributed by atoms with E-state index in [1.165, 1.54) is 26.4 Å². The summed E-state index contributed by atoms with van der Waals surface area (Å²) < 4.78 is 21.4. The Morgan fingerprint density at radius 1 is 1.21 bits per heavy atom. The Labute approximate surface area is 166 Å². The molecule has 0 aliphatic carbocycles. The molecule has 9 heteroatoms. The van der Waals surface area contributed by atoms with Crippen LogP contribution in [0.25, 0.3) is 0 Å². The van der Waals surface area contributed by atoms with Gasteiger partial charge in [0.1, 0.15) is 29.6 Å². The highest BCUT2D eigenvalue weighted by atomic mass is 16.5. The molecule has 1 aliphatic heterocycles. The highest BCUT2D eigenvalue weighted by Crippen LogP contribution is 2.43. The van der Waals surface area contributed by atoms with Gasteiger partial charge in [0.05, 0.1) is 31.9 Å². The lowest BCUT2D eigenvalue weighted by molar-refractivity contribution is -0.143. The summed E-state index contributed by atoms with van der Waals surface area (Å²) in [6.45, 7) is -0.680. The van der Waals surface area contributed by atoms with Crippen LogP contribution in [-0.4, -0.2) is 48.8 Å². The van der Waals surface area contributed by atoms with E-state index in [9.17, 15) is 19.8 Å². The van der Waals surface area contributed by atoms with Gasteiger partial charge in [0, 0.05) is 11.6 Å². The number of methoxy groups -OCH3 is 2. The maximum Gasteiger partial charge on any atom is 0.320 e. The van der Waals surface area contributed by atoms with E-state index in [-0.39, 0.29) is 35.8 Å². The van der Waals surface area contributed by atoms with Crippen LogP contribution in [0.15, 0.2) is 30.3 Å². The summed E-state index contributed by atoms with van der Waals surface area (Å²) in [4.78, 5) is 24.2. The van der Waals surface area contributed by atoms with Gasteiger partial charge in [0.25, 0.3) is 0 Å². The van der Waals surface area contributed by atoms with Crippen LogP contribution in [0, 0.1) is 0 Å². The third-order valence-corrected chi connectivity index (χ3v) is 4.59. The molecule has 29 heavy (non-hydrogen) atoms. The number of nitrogens with two attached hydrogens (primary N) is 1. The lowest BCUT2D eigenvalue weighted by Gasteiger charge is -2.32. The van der Waals surface area contributed by atoms with Crippen molar-refractivity contribution in [3.8, 4) is 23.0 Å². The second-order valence-electron chi connectivity index (χ2n) is 6.26. The predicted molar refractivity (Wildman–Crippen MR) is 100 cm³/mol. The summed E-state index contributed by atoms with van der Waals surface area (Å²) in [5.74, 6) is -0.611. The van der Waals surface area contributed by atoms with E-state index < -0.39 is 24.0 Å².